The summed E-state index contributed by atoms with van der Waals surface area (Å²) in [5.74, 6) is 0.352. The van der Waals surface area contributed by atoms with Crippen LogP contribution in [0.25, 0.3) is 0 Å². The van der Waals surface area contributed by atoms with Crippen LogP contribution in [0.5, 0.6) is 0 Å². The summed E-state index contributed by atoms with van der Waals surface area (Å²) in [6.07, 6.45) is 0. The predicted octanol–water partition coefficient (Wildman–Crippen LogP) is 2.08. The molecule has 0 aromatic heterocycles. The van der Waals surface area contributed by atoms with Crippen LogP contribution in [0.3, 0.4) is 0 Å². The number of rotatable bonds is 4. The largest absolute Gasteiger partial charge is 0.326 e. The number of nitrogens with one attached hydrogen (secondary N) is 3. The molecule has 0 bridgehead atoms. The second kappa shape index (κ2) is 6.72. The van der Waals surface area contributed by atoms with Gasteiger partial charge in [0.25, 0.3) is 0 Å². The van der Waals surface area contributed by atoms with E-state index in [2.05, 4.69) is 22.9 Å². The maximum absolute atomic E-state index is 12.2. The third kappa shape index (κ3) is 4.04. The van der Waals surface area contributed by atoms with Gasteiger partial charge in [-0.1, -0.05) is 20.8 Å². The molecule has 0 saturated carbocycles. The Morgan fingerprint density at radius 3 is 2.14 bits per heavy atom. The number of amides is 2. The maximum Gasteiger partial charge on any atom is 0.229 e. The van der Waals surface area contributed by atoms with Gasteiger partial charge in [-0.15, -0.1) is 0 Å². The van der Waals surface area contributed by atoms with Gasteiger partial charge in [-0.25, -0.2) is 0 Å². The molecule has 1 fully saturated rings. The average Bonchev–Trinajstić information content (AvgIpc) is 2.87. The van der Waals surface area contributed by atoms with E-state index in [1.165, 1.54) is 0 Å². The normalized spacial score (nSPS) is 21.3. The highest BCUT2D eigenvalue weighted by molar-refractivity contribution is 5.94. The molecule has 1 aromatic carbocycles. The predicted molar refractivity (Wildman–Crippen MR) is 84.1 cm³/mol. The van der Waals surface area contributed by atoms with Crippen LogP contribution in [0, 0.1) is 17.8 Å². The Kier molecular flexibility index (Phi) is 4.96. The van der Waals surface area contributed by atoms with Crippen molar-refractivity contribution in [2.24, 2.45) is 17.8 Å². The number of carbonyl (C=O) groups is 2. The van der Waals surface area contributed by atoms with Crippen molar-refractivity contribution < 1.29 is 9.59 Å². The van der Waals surface area contributed by atoms with Crippen LogP contribution >= 0.6 is 0 Å². The van der Waals surface area contributed by atoms with Gasteiger partial charge in [0, 0.05) is 23.8 Å². The standard InChI is InChI=1S/C16H23N3O2/c1-10(2)15(20)18-12-4-6-13(7-5-12)19-16(21)14-9-17-8-11(14)3/h4-7,10-11,14,17H,8-9H2,1-3H3,(H,18,20)(H,19,21). The summed E-state index contributed by atoms with van der Waals surface area (Å²) in [6.45, 7) is 7.39. The highest BCUT2D eigenvalue weighted by Crippen LogP contribution is 2.19. The molecule has 21 heavy (non-hydrogen) atoms. The number of hydrogen-bond acceptors (Lipinski definition) is 3. The molecule has 5 heteroatoms. The smallest absolute Gasteiger partial charge is 0.229 e. The third-order valence-electron chi connectivity index (χ3n) is 3.80. The quantitative estimate of drug-likeness (QED) is 0.794. The monoisotopic (exact) mass is 289 g/mol. The van der Waals surface area contributed by atoms with Crippen molar-refractivity contribution in [3.8, 4) is 0 Å². The molecule has 1 aliphatic rings. The zero-order valence-electron chi connectivity index (χ0n) is 12.8. The Balaban J connectivity index is 1.93. The second-order valence-electron chi connectivity index (χ2n) is 5.95. The van der Waals surface area contributed by atoms with Crippen molar-refractivity contribution in [2.45, 2.75) is 20.8 Å². The van der Waals surface area contributed by atoms with E-state index in [4.69, 9.17) is 0 Å². The highest BCUT2D eigenvalue weighted by Gasteiger charge is 2.29. The van der Waals surface area contributed by atoms with Crippen LogP contribution in [-0.2, 0) is 9.59 Å². The van der Waals surface area contributed by atoms with E-state index in [9.17, 15) is 9.59 Å². The summed E-state index contributed by atoms with van der Waals surface area (Å²) in [4.78, 5) is 23.8. The maximum atomic E-state index is 12.2. The van der Waals surface area contributed by atoms with Crippen LogP contribution in [0.1, 0.15) is 20.8 Å². The average molecular weight is 289 g/mol. The van der Waals surface area contributed by atoms with Crippen LogP contribution in [-0.4, -0.2) is 24.9 Å². The Labute approximate surface area is 125 Å². The van der Waals surface area contributed by atoms with E-state index < -0.39 is 0 Å². The van der Waals surface area contributed by atoms with Crippen LogP contribution in [0.2, 0.25) is 0 Å². The molecule has 1 aromatic rings. The fourth-order valence-electron chi connectivity index (χ4n) is 2.32. The van der Waals surface area contributed by atoms with Crippen LogP contribution in [0.4, 0.5) is 11.4 Å². The SMILES string of the molecule is CC(C)C(=O)Nc1ccc(NC(=O)C2CNCC2C)cc1. The van der Waals surface area contributed by atoms with Gasteiger partial charge in [0.1, 0.15) is 0 Å². The molecule has 1 aliphatic heterocycles. The summed E-state index contributed by atoms with van der Waals surface area (Å²) >= 11 is 0. The van der Waals surface area contributed by atoms with Crippen molar-refractivity contribution in [3.05, 3.63) is 24.3 Å². The lowest BCUT2D eigenvalue weighted by Gasteiger charge is -2.14. The first-order valence-electron chi connectivity index (χ1n) is 7.40. The highest BCUT2D eigenvalue weighted by atomic mass is 16.2. The number of hydrogen-bond donors (Lipinski definition) is 3. The Morgan fingerprint density at radius 2 is 1.67 bits per heavy atom. The molecular formula is C16H23N3O2. The summed E-state index contributed by atoms with van der Waals surface area (Å²) in [7, 11) is 0. The van der Waals surface area contributed by atoms with Gasteiger partial charge in [-0.3, -0.25) is 9.59 Å². The minimum Gasteiger partial charge on any atom is -0.326 e. The van der Waals surface area contributed by atoms with E-state index in [1.807, 2.05) is 13.8 Å². The molecule has 1 saturated heterocycles. The lowest BCUT2D eigenvalue weighted by atomic mass is 9.97. The molecule has 2 amide bonds. The molecule has 3 N–H and O–H groups in total. The lowest BCUT2D eigenvalue weighted by molar-refractivity contribution is -0.120. The molecule has 0 aliphatic carbocycles. The summed E-state index contributed by atoms with van der Waals surface area (Å²) < 4.78 is 0. The topological polar surface area (TPSA) is 70.2 Å². The zero-order chi connectivity index (χ0) is 15.4. The van der Waals surface area contributed by atoms with E-state index in [1.54, 1.807) is 24.3 Å². The van der Waals surface area contributed by atoms with Gasteiger partial charge in [0.05, 0.1) is 5.92 Å². The fourth-order valence-corrected chi connectivity index (χ4v) is 2.32. The number of anilines is 2. The summed E-state index contributed by atoms with van der Waals surface area (Å²) in [6, 6.07) is 7.21. The molecule has 114 valence electrons. The molecule has 1 heterocycles. The van der Waals surface area contributed by atoms with Crippen LogP contribution in [0.15, 0.2) is 24.3 Å². The van der Waals surface area contributed by atoms with Gasteiger partial charge in [0.2, 0.25) is 11.8 Å². The van der Waals surface area contributed by atoms with Crippen molar-refractivity contribution in [1.29, 1.82) is 0 Å². The molecule has 5 nitrogen and oxygen atoms in total. The third-order valence-corrected chi connectivity index (χ3v) is 3.80. The zero-order valence-corrected chi connectivity index (χ0v) is 12.8. The molecule has 0 spiro atoms. The van der Waals surface area contributed by atoms with Gasteiger partial charge in [-0.2, -0.15) is 0 Å². The molecule has 0 radical (unpaired) electrons. The summed E-state index contributed by atoms with van der Waals surface area (Å²) in [5.41, 5.74) is 1.49. The van der Waals surface area contributed by atoms with E-state index in [0.717, 1.165) is 24.5 Å². The van der Waals surface area contributed by atoms with Crippen LogP contribution < -0.4 is 16.0 Å². The first kappa shape index (κ1) is 15.5. The lowest BCUT2D eigenvalue weighted by Crippen LogP contribution is -2.27. The van der Waals surface area contributed by atoms with Crippen molar-refractivity contribution in [3.63, 3.8) is 0 Å². The van der Waals surface area contributed by atoms with E-state index in [-0.39, 0.29) is 23.7 Å². The number of benzene rings is 1. The van der Waals surface area contributed by atoms with Gasteiger partial charge < -0.3 is 16.0 Å². The van der Waals surface area contributed by atoms with Crippen molar-refractivity contribution >= 4 is 23.2 Å². The molecule has 2 atom stereocenters. The second-order valence-corrected chi connectivity index (χ2v) is 5.95. The first-order valence-corrected chi connectivity index (χ1v) is 7.40. The van der Waals surface area contributed by atoms with E-state index in [0.29, 0.717) is 5.92 Å². The van der Waals surface area contributed by atoms with Gasteiger partial charge in [-0.05, 0) is 36.7 Å². The number of carbonyl (C=O) groups excluding carboxylic acids is 2. The van der Waals surface area contributed by atoms with Gasteiger partial charge in [0.15, 0.2) is 0 Å². The molecular weight excluding hydrogens is 266 g/mol. The van der Waals surface area contributed by atoms with Gasteiger partial charge >= 0.3 is 0 Å². The summed E-state index contributed by atoms with van der Waals surface area (Å²) in [5, 5.41) is 8.97. The first-order chi connectivity index (χ1) is 9.97. The van der Waals surface area contributed by atoms with Crippen molar-refractivity contribution in [1.82, 2.24) is 5.32 Å². The molecule has 2 rings (SSSR count). The Hall–Kier alpha value is -1.88. The molecule has 2 unspecified atom stereocenters. The Morgan fingerprint density at radius 1 is 1.10 bits per heavy atom. The van der Waals surface area contributed by atoms with E-state index >= 15 is 0 Å². The minimum absolute atomic E-state index is 0.0161. The fraction of sp³-hybridized carbons (Fsp3) is 0.500. The van der Waals surface area contributed by atoms with Crippen molar-refractivity contribution in [2.75, 3.05) is 23.7 Å². The Bertz CT molecular complexity index is 511. The minimum atomic E-state index is -0.0549.